The molecule has 3 aliphatic rings. The third-order valence-electron chi connectivity index (χ3n) is 5.64. The first kappa shape index (κ1) is 16.2. The van der Waals surface area contributed by atoms with Crippen molar-refractivity contribution in [3.63, 3.8) is 0 Å². The number of piperidine rings is 2. The molecule has 0 aromatic heterocycles. The molecule has 0 saturated carbocycles. The summed E-state index contributed by atoms with van der Waals surface area (Å²) in [6.07, 6.45) is 7.64. The van der Waals surface area contributed by atoms with Crippen molar-refractivity contribution < 1.29 is 4.79 Å². The van der Waals surface area contributed by atoms with E-state index in [1.54, 1.807) is 11.8 Å². The highest BCUT2D eigenvalue weighted by Crippen LogP contribution is 2.36. The van der Waals surface area contributed by atoms with Gasteiger partial charge >= 0.3 is 0 Å². The third kappa shape index (κ3) is 3.70. The molecule has 0 spiro atoms. The van der Waals surface area contributed by atoms with Crippen molar-refractivity contribution in [1.82, 2.24) is 9.80 Å². The summed E-state index contributed by atoms with van der Waals surface area (Å²) in [4.78, 5) is 16.8. The molecule has 128 valence electrons. The van der Waals surface area contributed by atoms with E-state index < -0.39 is 0 Å². The highest BCUT2D eigenvalue weighted by molar-refractivity contribution is 8.02. The molecular weight excluding hydrogens is 316 g/mol. The normalized spacial score (nSPS) is 28.3. The molecule has 0 bridgehead atoms. The first-order valence-electron chi connectivity index (χ1n) is 9.17. The maximum Gasteiger partial charge on any atom is 0.227 e. The van der Waals surface area contributed by atoms with Gasteiger partial charge in [-0.2, -0.15) is 0 Å². The number of carbonyl (C=O) groups is 1. The second-order valence-electron chi connectivity index (χ2n) is 7.42. The van der Waals surface area contributed by atoms with Crippen LogP contribution < -0.4 is 0 Å². The van der Waals surface area contributed by atoms with Gasteiger partial charge in [-0.25, -0.2) is 0 Å². The van der Waals surface area contributed by atoms with Crippen molar-refractivity contribution >= 4 is 17.7 Å². The van der Waals surface area contributed by atoms with Gasteiger partial charge in [0.2, 0.25) is 5.91 Å². The summed E-state index contributed by atoms with van der Waals surface area (Å²) < 4.78 is 0. The fourth-order valence-electron chi connectivity index (χ4n) is 4.31. The van der Waals surface area contributed by atoms with Crippen LogP contribution in [0.5, 0.6) is 0 Å². The largest absolute Gasteiger partial charge is 0.306 e. The van der Waals surface area contributed by atoms with Crippen LogP contribution in [0.15, 0.2) is 41.9 Å². The zero-order valence-electron chi connectivity index (χ0n) is 14.1. The monoisotopic (exact) mass is 342 g/mol. The van der Waals surface area contributed by atoms with E-state index in [9.17, 15) is 4.79 Å². The van der Waals surface area contributed by atoms with Gasteiger partial charge in [0, 0.05) is 19.2 Å². The standard InChI is InChI=1S/C20H26N2OS/c23-19-13-18(14-20-22(19)10-11-24-20)15-21-8-6-17(7-9-21)12-16-4-2-1-3-5-16/h1-5,10-11,17-18,20H,6-9,12-15H2. The van der Waals surface area contributed by atoms with Gasteiger partial charge in [-0.15, -0.1) is 11.8 Å². The first-order valence-corrected chi connectivity index (χ1v) is 10.1. The quantitative estimate of drug-likeness (QED) is 0.833. The molecule has 1 aromatic carbocycles. The van der Waals surface area contributed by atoms with Crippen LogP contribution in [0.1, 0.15) is 31.2 Å². The Hall–Kier alpha value is -1.26. The molecule has 1 amide bonds. The minimum absolute atomic E-state index is 0.316. The van der Waals surface area contributed by atoms with E-state index in [1.807, 2.05) is 11.1 Å². The van der Waals surface area contributed by atoms with Crippen LogP contribution in [0.4, 0.5) is 0 Å². The average molecular weight is 343 g/mol. The average Bonchev–Trinajstić information content (AvgIpc) is 3.07. The number of fused-ring (bicyclic) bond motifs is 1. The molecule has 1 aromatic rings. The number of likely N-dealkylation sites (tertiary alicyclic amines) is 1. The lowest BCUT2D eigenvalue weighted by Crippen LogP contribution is -2.44. The molecule has 2 atom stereocenters. The zero-order chi connectivity index (χ0) is 16.4. The van der Waals surface area contributed by atoms with Crippen LogP contribution in [0.25, 0.3) is 0 Å². The van der Waals surface area contributed by atoms with Crippen LogP contribution in [-0.4, -0.2) is 40.7 Å². The molecule has 3 aliphatic heterocycles. The molecule has 24 heavy (non-hydrogen) atoms. The Morgan fingerprint density at radius 1 is 1.08 bits per heavy atom. The van der Waals surface area contributed by atoms with Gasteiger partial charge in [-0.3, -0.25) is 4.79 Å². The summed E-state index contributed by atoms with van der Waals surface area (Å²) in [7, 11) is 0. The Morgan fingerprint density at radius 3 is 2.67 bits per heavy atom. The predicted octanol–water partition coefficient (Wildman–Crippen LogP) is 3.72. The Morgan fingerprint density at radius 2 is 1.88 bits per heavy atom. The minimum atomic E-state index is 0.316. The molecule has 3 nitrogen and oxygen atoms in total. The Labute approximate surface area is 149 Å². The van der Waals surface area contributed by atoms with Gasteiger partial charge in [0.15, 0.2) is 0 Å². The summed E-state index contributed by atoms with van der Waals surface area (Å²) in [5, 5.41) is 2.44. The molecular formula is C20H26N2OS. The molecule has 0 aliphatic carbocycles. The molecule has 4 rings (SSSR count). The van der Waals surface area contributed by atoms with Crippen molar-refractivity contribution in [1.29, 1.82) is 0 Å². The summed E-state index contributed by atoms with van der Waals surface area (Å²) in [6, 6.07) is 10.9. The SMILES string of the molecule is O=C1CC(CN2CCC(Cc3ccccc3)CC2)CC2SC=CN12. The number of carbonyl (C=O) groups excluding carboxylic acids is 1. The van der Waals surface area contributed by atoms with Crippen LogP contribution in [0.3, 0.4) is 0 Å². The van der Waals surface area contributed by atoms with Gasteiger partial charge in [-0.05, 0) is 61.6 Å². The van der Waals surface area contributed by atoms with Gasteiger partial charge in [0.1, 0.15) is 0 Å². The van der Waals surface area contributed by atoms with E-state index in [0.29, 0.717) is 17.2 Å². The van der Waals surface area contributed by atoms with Crippen molar-refractivity contribution in [2.45, 2.75) is 37.5 Å². The minimum Gasteiger partial charge on any atom is -0.306 e. The van der Waals surface area contributed by atoms with E-state index in [2.05, 4.69) is 40.6 Å². The van der Waals surface area contributed by atoms with E-state index in [1.165, 1.54) is 37.9 Å². The van der Waals surface area contributed by atoms with Gasteiger partial charge in [0.25, 0.3) is 0 Å². The fourth-order valence-corrected chi connectivity index (χ4v) is 5.40. The van der Waals surface area contributed by atoms with E-state index in [0.717, 1.165) is 25.3 Å². The lowest BCUT2D eigenvalue weighted by Gasteiger charge is -2.38. The molecule has 4 heteroatoms. The van der Waals surface area contributed by atoms with Crippen LogP contribution in [0.2, 0.25) is 0 Å². The predicted molar refractivity (Wildman–Crippen MR) is 99.4 cm³/mol. The maximum absolute atomic E-state index is 12.2. The van der Waals surface area contributed by atoms with E-state index in [-0.39, 0.29) is 0 Å². The smallest absolute Gasteiger partial charge is 0.227 e. The van der Waals surface area contributed by atoms with Crippen molar-refractivity contribution in [2.75, 3.05) is 19.6 Å². The zero-order valence-corrected chi connectivity index (χ0v) is 15.0. The number of hydrogen-bond donors (Lipinski definition) is 0. The van der Waals surface area contributed by atoms with E-state index >= 15 is 0 Å². The van der Waals surface area contributed by atoms with E-state index in [4.69, 9.17) is 0 Å². The highest BCUT2D eigenvalue weighted by atomic mass is 32.2. The van der Waals surface area contributed by atoms with Crippen molar-refractivity contribution in [2.24, 2.45) is 11.8 Å². The number of amides is 1. The first-order chi connectivity index (χ1) is 11.8. The lowest BCUT2D eigenvalue weighted by molar-refractivity contribution is -0.133. The van der Waals surface area contributed by atoms with Crippen LogP contribution in [0, 0.1) is 11.8 Å². The van der Waals surface area contributed by atoms with Gasteiger partial charge in [-0.1, -0.05) is 30.3 Å². The van der Waals surface area contributed by atoms with Gasteiger partial charge in [0.05, 0.1) is 5.37 Å². The van der Waals surface area contributed by atoms with Crippen LogP contribution in [-0.2, 0) is 11.2 Å². The molecule has 0 N–H and O–H groups in total. The van der Waals surface area contributed by atoms with Crippen molar-refractivity contribution in [3.8, 4) is 0 Å². The maximum atomic E-state index is 12.2. The lowest BCUT2D eigenvalue weighted by atomic mass is 9.89. The molecule has 2 fully saturated rings. The topological polar surface area (TPSA) is 23.6 Å². The second-order valence-corrected chi connectivity index (χ2v) is 8.50. The number of hydrogen-bond acceptors (Lipinski definition) is 3. The number of rotatable bonds is 4. The molecule has 0 radical (unpaired) electrons. The number of nitrogens with zero attached hydrogens (tertiary/aromatic N) is 2. The molecule has 2 saturated heterocycles. The summed E-state index contributed by atoms with van der Waals surface area (Å²) >= 11 is 1.80. The Bertz CT molecular complexity index is 595. The number of thioether (sulfide) groups is 1. The van der Waals surface area contributed by atoms with Crippen molar-refractivity contribution in [3.05, 3.63) is 47.5 Å². The third-order valence-corrected chi connectivity index (χ3v) is 6.66. The fraction of sp³-hybridized carbons (Fsp3) is 0.550. The summed E-state index contributed by atoms with van der Waals surface area (Å²) in [5.41, 5.74) is 1.47. The number of benzene rings is 1. The Kier molecular flexibility index (Phi) is 4.95. The van der Waals surface area contributed by atoms with Crippen LogP contribution >= 0.6 is 11.8 Å². The highest BCUT2D eigenvalue weighted by Gasteiger charge is 2.36. The molecule has 3 heterocycles. The second kappa shape index (κ2) is 7.32. The van der Waals surface area contributed by atoms with Gasteiger partial charge < -0.3 is 9.80 Å². The molecule has 2 unspecified atom stereocenters. The summed E-state index contributed by atoms with van der Waals surface area (Å²) in [6.45, 7) is 3.50. The Balaban J connectivity index is 1.24. The summed E-state index contributed by atoms with van der Waals surface area (Å²) in [5.74, 6) is 1.68.